The van der Waals surface area contributed by atoms with Gasteiger partial charge in [-0.3, -0.25) is 19.7 Å². The van der Waals surface area contributed by atoms with Crippen molar-refractivity contribution in [3.63, 3.8) is 0 Å². The zero-order valence-corrected chi connectivity index (χ0v) is 15.3. The van der Waals surface area contributed by atoms with E-state index in [1.807, 2.05) is 26.0 Å². The Labute approximate surface area is 153 Å². The van der Waals surface area contributed by atoms with E-state index in [0.717, 1.165) is 24.1 Å². The molecule has 2 aliphatic rings. The van der Waals surface area contributed by atoms with Crippen LogP contribution in [0.15, 0.2) is 18.2 Å². The highest BCUT2D eigenvalue weighted by atomic mass is 16.2. The standard InChI is InChI=1S/C19H26N4O3/c1-19(2,20)8-9-21-10-12-4-3-5-13-14(12)11-23(18(13)26)15-6-7-16(24)22-17(15)25/h3-5,15,21H,6-11,20H2,1-2H3,(H,22,24,25). The van der Waals surface area contributed by atoms with E-state index in [9.17, 15) is 14.4 Å². The Bertz CT molecular complexity index is 739. The van der Waals surface area contributed by atoms with Crippen LogP contribution in [0.2, 0.25) is 0 Å². The summed E-state index contributed by atoms with van der Waals surface area (Å²) in [6.07, 6.45) is 1.49. The molecule has 1 aromatic carbocycles. The Morgan fingerprint density at radius 3 is 2.77 bits per heavy atom. The summed E-state index contributed by atoms with van der Waals surface area (Å²) in [5.74, 6) is -0.796. The van der Waals surface area contributed by atoms with Crippen molar-refractivity contribution in [2.24, 2.45) is 5.73 Å². The summed E-state index contributed by atoms with van der Waals surface area (Å²) in [5, 5.41) is 5.71. The second-order valence-electron chi connectivity index (χ2n) is 7.76. The highest BCUT2D eigenvalue weighted by Gasteiger charge is 2.39. The second kappa shape index (κ2) is 7.17. The highest BCUT2D eigenvalue weighted by Crippen LogP contribution is 2.29. The van der Waals surface area contributed by atoms with Gasteiger partial charge < -0.3 is 16.0 Å². The number of hydrogen-bond donors (Lipinski definition) is 3. The largest absolute Gasteiger partial charge is 0.326 e. The first-order valence-corrected chi connectivity index (χ1v) is 9.01. The van der Waals surface area contributed by atoms with E-state index in [2.05, 4.69) is 10.6 Å². The number of nitrogens with one attached hydrogen (secondary N) is 2. The first-order chi connectivity index (χ1) is 12.3. The quantitative estimate of drug-likeness (QED) is 0.512. The van der Waals surface area contributed by atoms with Crippen LogP contribution in [-0.2, 0) is 22.7 Å². The van der Waals surface area contributed by atoms with E-state index in [1.54, 1.807) is 11.0 Å². The Morgan fingerprint density at radius 2 is 2.08 bits per heavy atom. The molecule has 0 radical (unpaired) electrons. The van der Waals surface area contributed by atoms with E-state index >= 15 is 0 Å². The molecule has 140 valence electrons. The fraction of sp³-hybridized carbons (Fsp3) is 0.526. The van der Waals surface area contributed by atoms with Gasteiger partial charge in [-0.25, -0.2) is 0 Å². The van der Waals surface area contributed by atoms with E-state index in [0.29, 0.717) is 25.1 Å². The van der Waals surface area contributed by atoms with Gasteiger partial charge in [-0.2, -0.15) is 0 Å². The monoisotopic (exact) mass is 358 g/mol. The maximum absolute atomic E-state index is 12.8. The van der Waals surface area contributed by atoms with Gasteiger partial charge in [0, 0.05) is 30.6 Å². The molecule has 1 unspecified atom stereocenters. The number of amides is 3. The lowest BCUT2D eigenvalue weighted by Gasteiger charge is -2.29. The van der Waals surface area contributed by atoms with Crippen LogP contribution in [-0.4, -0.2) is 40.7 Å². The van der Waals surface area contributed by atoms with Gasteiger partial charge in [-0.05, 0) is 50.4 Å². The Morgan fingerprint density at radius 1 is 1.31 bits per heavy atom. The molecule has 1 saturated heterocycles. The third-order valence-electron chi connectivity index (χ3n) is 4.94. The molecule has 26 heavy (non-hydrogen) atoms. The summed E-state index contributed by atoms with van der Waals surface area (Å²) in [6, 6.07) is 5.09. The van der Waals surface area contributed by atoms with Gasteiger partial charge in [-0.15, -0.1) is 0 Å². The highest BCUT2D eigenvalue weighted by molar-refractivity contribution is 6.05. The molecule has 0 spiro atoms. The molecule has 2 heterocycles. The van der Waals surface area contributed by atoms with Crippen LogP contribution in [0.4, 0.5) is 0 Å². The second-order valence-corrected chi connectivity index (χ2v) is 7.76. The number of carbonyl (C=O) groups is 3. The maximum atomic E-state index is 12.8. The first-order valence-electron chi connectivity index (χ1n) is 9.01. The van der Waals surface area contributed by atoms with Crippen LogP contribution >= 0.6 is 0 Å². The van der Waals surface area contributed by atoms with E-state index in [4.69, 9.17) is 5.73 Å². The first kappa shape index (κ1) is 18.5. The average molecular weight is 358 g/mol. The molecule has 2 aliphatic heterocycles. The van der Waals surface area contributed by atoms with Crippen LogP contribution in [0.3, 0.4) is 0 Å². The minimum absolute atomic E-state index is 0.139. The molecule has 3 amide bonds. The van der Waals surface area contributed by atoms with Gasteiger partial charge in [0.15, 0.2) is 0 Å². The average Bonchev–Trinajstić information content (AvgIpc) is 2.89. The van der Waals surface area contributed by atoms with Crippen LogP contribution in [0.25, 0.3) is 0 Å². The summed E-state index contributed by atoms with van der Waals surface area (Å²) in [6.45, 7) is 5.82. The molecule has 0 aromatic heterocycles. The number of rotatable bonds is 6. The van der Waals surface area contributed by atoms with E-state index in [1.165, 1.54) is 0 Å². The van der Waals surface area contributed by atoms with Crippen LogP contribution < -0.4 is 16.4 Å². The fourth-order valence-electron chi connectivity index (χ4n) is 3.45. The normalized spacial score (nSPS) is 20.3. The third-order valence-corrected chi connectivity index (χ3v) is 4.94. The number of hydrogen-bond acceptors (Lipinski definition) is 5. The van der Waals surface area contributed by atoms with Gasteiger partial charge in [0.1, 0.15) is 6.04 Å². The van der Waals surface area contributed by atoms with Crippen molar-refractivity contribution in [2.75, 3.05) is 6.54 Å². The zero-order valence-electron chi connectivity index (χ0n) is 15.3. The van der Waals surface area contributed by atoms with Crippen LogP contribution in [0.1, 0.15) is 54.6 Å². The number of imide groups is 1. The molecular weight excluding hydrogens is 332 g/mol. The molecule has 1 fully saturated rings. The number of benzene rings is 1. The van der Waals surface area contributed by atoms with Crippen molar-refractivity contribution in [3.8, 4) is 0 Å². The van der Waals surface area contributed by atoms with Crippen molar-refractivity contribution >= 4 is 17.7 Å². The van der Waals surface area contributed by atoms with E-state index < -0.39 is 6.04 Å². The SMILES string of the molecule is CC(C)(N)CCNCc1cccc2c1CN(C1CCC(=O)NC1=O)C2=O. The van der Waals surface area contributed by atoms with Crippen molar-refractivity contribution in [2.45, 2.75) is 57.8 Å². The zero-order chi connectivity index (χ0) is 18.9. The molecular formula is C19H26N4O3. The summed E-state index contributed by atoms with van der Waals surface area (Å²) in [4.78, 5) is 37.8. The predicted molar refractivity (Wildman–Crippen MR) is 97.1 cm³/mol. The Hall–Kier alpha value is -2.25. The fourth-order valence-corrected chi connectivity index (χ4v) is 3.45. The molecule has 4 N–H and O–H groups in total. The summed E-state index contributed by atoms with van der Waals surface area (Å²) < 4.78 is 0. The van der Waals surface area contributed by atoms with Gasteiger partial charge in [0.05, 0.1) is 0 Å². The molecule has 7 nitrogen and oxygen atoms in total. The third kappa shape index (κ3) is 3.94. The molecule has 3 rings (SSSR count). The van der Waals surface area contributed by atoms with E-state index in [-0.39, 0.29) is 29.7 Å². The minimum atomic E-state index is -0.577. The molecule has 0 saturated carbocycles. The van der Waals surface area contributed by atoms with Crippen molar-refractivity contribution < 1.29 is 14.4 Å². The summed E-state index contributed by atoms with van der Waals surface area (Å²) in [7, 11) is 0. The minimum Gasteiger partial charge on any atom is -0.326 e. The number of piperidine rings is 1. The number of fused-ring (bicyclic) bond motifs is 1. The van der Waals surface area contributed by atoms with Gasteiger partial charge in [0.25, 0.3) is 5.91 Å². The summed E-state index contributed by atoms with van der Waals surface area (Å²) >= 11 is 0. The van der Waals surface area contributed by atoms with Crippen molar-refractivity contribution in [1.82, 2.24) is 15.5 Å². The van der Waals surface area contributed by atoms with Gasteiger partial charge in [0.2, 0.25) is 11.8 Å². The lowest BCUT2D eigenvalue weighted by Crippen LogP contribution is -2.52. The Kier molecular flexibility index (Phi) is 5.11. The Balaban J connectivity index is 1.69. The van der Waals surface area contributed by atoms with Crippen molar-refractivity contribution in [3.05, 3.63) is 34.9 Å². The molecule has 1 atom stereocenters. The smallest absolute Gasteiger partial charge is 0.255 e. The topological polar surface area (TPSA) is 105 Å². The maximum Gasteiger partial charge on any atom is 0.255 e. The van der Waals surface area contributed by atoms with Gasteiger partial charge >= 0.3 is 0 Å². The number of carbonyl (C=O) groups excluding carboxylic acids is 3. The van der Waals surface area contributed by atoms with Crippen LogP contribution in [0, 0.1) is 0 Å². The lowest BCUT2D eigenvalue weighted by atomic mass is 10.0. The van der Waals surface area contributed by atoms with Gasteiger partial charge in [-0.1, -0.05) is 12.1 Å². The lowest BCUT2D eigenvalue weighted by molar-refractivity contribution is -0.136. The molecule has 1 aromatic rings. The molecule has 0 bridgehead atoms. The number of nitrogens with two attached hydrogens (primary N) is 1. The molecule has 7 heteroatoms. The van der Waals surface area contributed by atoms with Crippen LogP contribution in [0.5, 0.6) is 0 Å². The molecule has 0 aliphatic carbocycles. The number of nitrogens with zero attached hydrogens (tertiary/aromatic N) is 1. The summed E-state index contributed by atoms with van der Waals surface area (Å²) in [5.41, 5.74) is 8.44. The predicted octanol–water partition coefficient (Wildman–Crippen LogP) is 0.665. The van der Waals surface area contributed by atoms with Crippen molar-refractivity contribution in [1.29, 1.82) is 0 Å².